The van der Waals surface area contributed by atoms with E-state index in [1.807, 2.05) is 0 Å². The second kappa shape index (κ2) is 9.17. The van der Waals surface area contributed by atoms with Crippen LogP contribution >= 0.6 is 34.5 Å². The van der Waals surface area contributed by atoms with Crippen molar-refractivity contribution in [2.75, 3.05) is 17.2 Å². The predicted octanol–water partition coefficient (Wildman–Crippen LogP) is 5.29. The van der Waals surface area contributed by atoms with Gasteiger partial charge in [-0.1, -0.05) is 34.5 Å². The molecule has 1 unspecified atom stereocenters. The van der Waals surface area contributed by atoms with E-state index in [0.29, 0.717) is 50.8 Å². The van der Waals surface area contributed by atoms with E-state index in [9.17, 15) is 14.0 Å². The van der Waals surface area contributed by atoms with Gasteiger partial charge < -0.3 is 10.2 Å². The Hall–Kier alpha value is -2.75. The van der Waals surface area contributed by atoms with Crippen molar-refractivity contribution in [1.29, 1.82) is 0 Å². The van der Waals surface area contributed by atoms with Gasteiger partial charge in [0.05, 0.1) is 10.0 Å². The number of hydrogen-bond acceptors (Lipinski definition) is 5. The van der Waals surface area contributed by atoms with Gasteiger partial charge in [0, 0.05) is 17.8 Å². The highest BCUT2D eigenvalue weighted by Gasteiger charge is 2.34. The highest BCUT2D eigenvalue weighted by Crippen LogP contribution is 2.28. The van der Waals surface area contributed by atoms with Crippen LogP contribution in [0.15, 0.2) is 42.5 Å². The average Bonchev–Trinajstić information content (AvgIpc) is 3.41. The number of anilines is 2. The van der Waals surface area contributed by atoms with Crippen molar-refractivity contribution in [3.05, 3.63) is 58.3 Å². The Balaban J connectivity index is 1.41. The molecule has 0 bridgehead atoms. The van der Waals surface area contributed by atoms with Crippen LogP contribution in [0.2, 0.25) is 10.0 Å². The van der Waals surface area contributed by atoms with Gasteiger partial charge in [-0.15, -0.1) is 10.2 Å². The van der Waals surface area contributed by atoms with Gasteiger partial charge in [-0.05, 0) is 55.3 Å². The Kier molecular flexibility index (Phi) is 6.35. The van der Waals surface area contributed by atoms with E-state index in [2.05, 4.69) is 20.8 Å². The molecule has 2 aromatic carbocycles. The molecule has 0 spiro atoms. The van der Waals surface area contributed by atoms with Crippen LogP contribution in [0.25, 0.3) is 10.6 Å². The highest BCUT2D eigenvalue weighted by atomic mass is 35.5. The smallest absolute Gasteiger partial charge is 0.312 e. The van der Waals surface area contributed by atoms with E-state index in [0.717, 1.165) is 0 Å². The van der Waals surface area contributed by atoms with E-state index in [1.165, 1.54) is 28.4 Å². The van der Waals surface area contributed by atoms with Crippen LogP contribution in [0, 0.1) is 5.82 Å². The maximum atomic E-state index is 13.1. The fraction of sp³-hybridized carbons (Fsp3) is 0.200. The lowest BCUT2D eigenvalue weighted by atomic mass is 10.2. The summed E-state index contributed by atoms with van der Waals surface area (Å²) < 4.78 is 13.1. The molecule has 1 saturated heterocycles. The van der Waals surface area contributed by atoms with Crippen molar-refractivity contribution >= 4 is 57.3 Å². The average molecular weight is 480 g/mol. The number of carbonyl (C=O) groups excluding carboxylic acids is 2. The molecular formula is C20H16Cl2FN5O2S. The number of benzene rings is 2. The third-order valence-electron chi connectivity index (χ3n) is 4.73. The molecule has 7 nitrogen and oxygen atoms in total. The number of likely N-dealkylation sites (tertiary alicyclic amines) is 1. The van der Waals surface area contributed by atoms with E-state index in [4.69, 9.17) is 23.2 Å². The third kappa shape index (κ3) is 4.95. The molecule has 31 heavy (non-hydrogen) atoms. The first-order valence-corrected chi connectivity index (χ1v) is 10.9. The Morgan fingerprint density at radius 3 is 2.58 bits per heavy atom. The summed E-state index contributed by atoms with van der Waals surface area (Å²) in [6.07, 6.45) is 1.23. The van der Waals surface area contributed by atoms with Crippen molar-refractivity contribution in [2.45, 2.75) is 18.9 Å². The number of nitrogens with zero attached hydrogens (tertiary/aromatic N) is 3. The molecule has 1 aliphatic rings. The van der Waals surface area contributed by atoms with E-state index >= 15 is 0 Å². The Labute approximate surface area is 191 Å². The molecule has 160 valence electrons. The first-order chi connectivity index (χ1) is 14.9. The predicted molar refractivity (Wildman–Crippen MR) is 119 cm³/mol. The minimum absolute atomic E-state index is 0.307. The maximum Gasteiger partial charge on any atom is 0.322 e. The Morgan fingerprint density at radius 2 is 1.84 bits per heavy atom. The summed E-state index contributed by atoms with van der Waals surface area (Å²) in [5, 5.41) is 15.0. The SMILES string of the molecule is O=C(Nc1nnc(-c2ccc(F)cc2)s1)C1CCCN1C(=O)Nc1ccc(Cl)c(Cl)c1. The van der Waals surface area contributed by atoms with Crippen molar-refractivity contribution in [1.82, 2.24) is 15.1 Å². The first-order valence-electron chi connectivity index (χ1n) is 9.34. The van der Waals surface area contributed by atoms with Crippen LogP contribution < -0.4 is 10.6 Å². The summed E-state index contributed by atoms with van der Waals surface area (Å²) in [4.78, 5) is 27.0. The minimum Gasteiger partial charge on any atom is -0.312 e. The minimum atomic E-state index is -0.638. The van der Waals surface area contributed by atoms with E-state index in [-0.39, 0.29) is 11.7 Å². The summed E-state index contributed by atoms with van der Waals surface area (Å²) in [7, 11) is 0. The number of nitrogens with one attached hydrogen (secondary N) is 2. The molecule has 1 fully saturated rings. The van der Waals surface area contributed by atoms with Crippen molar-refractivity contribution < 1.29 is 14.0 Å². The van der Waals surface area contributed by atoms with Crippen molar-refractivity contribution in [3.63, 3.8) is 0 Å². The zero-order chi connectivity index (χ0) is 22.0. The molecule has 2 heterocycles. The largest absolute Gasteiger partial charge is 0.322 e. The van der Waals surface area contributed by atoms with Gasteiger partial charge in [-0.3, -0.25) is 10.1 Å². The standard InChI is InChI=1S/C20H16Cl2FN5O2S/c21-14-8-7-13(10-15(14)22)24-20(30)28-9-1-2-16(28)17(29)25-19-27-26-18(31-19)11-3-5-12(23)6-4-11/h3-8,10,16H,1-2,9H2,(H,24,30)(H,25,27,29). The number of halogens is 3. The van der Waals surface area contributed by atoms with Gasteiger partial charge in [0.15, 0.2) is 0 Å². The van der Waals surface area contributed by atoms with Crippen LogP contribution in [0.4, 0.5) is 20.0 Å². The first kappa shape index (κ1) is 21.5. The molecule has 3 amide bonds. The lowest BCUT2D eigenvalue weighted by Gasteiger charge is -2.23. The van der Waals surface area contributed by atoms with Crippen LogP contribution in [-0.4, -0.2) is 39.6 Å². The van der Waals surface area contributed by atoms with Crippen LogP contribution in [0.1, 0.15) is 12.8 Å². The number of hydrogen-bond donors (Lipinski definition) is 2. The number of rotatable bonds is 4. The van der Waals surface area contributed by atoms with E-state index < -0.39 is 12.1 Å². The summed E-state index contributed by atoms with van der Waals surface area (Å²) in [6.45, 7) is 0.447. The number of aromatic nitrogens is 2. The van der Waals surface area contributed by atoms with Gasteiger partial charge in [0.1, 0.15) is 16.9 Å². The van der Waals surface area contributed by atoms with Gasteiger partial charge in [-0.25, -0.2) is 9.18 Å². The molecule has 4 rings (SSSR count). The number of carbonyl (C=O) groups is 2. The summed E-state index contributed by atoms with van der Waals surface area (Å²) >= 11 is 13.1. The normalized spacial score (nSPS) is 15.7. The zero-order valence-electron chi connectivity index (χ0n) is 15.9. The summed E-state index contributed by atoms with van der Waals surface area (Å²) in [6, 6.07) is 9.57. The lowest BCUT2D eigenvalue weighted by Crippen LogP contribution is -2.45. The van der Waals surface area contributed by atoms with E-state index in [1.54, 1.807) is 30.3 Å². The van der Waals surface area contributed by atoms with Gasteiger partial charge >= 0.3 is 6.03 Å². The molecule has 3 aromatic rings. The van der Waals surface area contributed by atoms with Crippen molar-refractivity contribution in [2.24, 2.45) is 0 Å². The van der Waals surface area contributed by atoms with Crippen LogP contribution in [0.3, 0.4) is 0 Å². The zero-order valence-corrected chi connectivity index (χ0v) is 18.3. The fourth-order valence-corrected chi connectivity index (χ4v) is 4.27. The molecule has 1 aromatic heterocycles. The second-order valence-corrected chi connectivity index (χ2v) is 8.61. The second-order valence-electron chi connectivity index (χ2n) is 6.82. The van der Waals surface area contributed by atoms with Crippen LogP contribution in [0.5, 0.6) is 0 Å². The molecule has 0 saturated carbocycles. The van der Waals surface area contributed by atoms with Gasteiger partial charge in [-0.2, -0.15) is 0 Å². The Morgan fingerprint density at radius 1 is 1.06 bits per heavy atom. The summed E-state index contributed by atoms with van der Waals surface area (Å²) in [5.74, 6) is -0.689. The quantitative estimate of drug-likeness (QED) is 0.532. The van der Waals surface area contributed by atoms with Crippen LogP contribution in [-0.2, 0) is 4.79 Å². The monoisotopic (exact) mass is 479 g/mol. The van der Waals surface area contributed by atoms with Gasteiger partial charge in [0.2, 0.25) is 11.0 Å². The lowest BCUT2D eigenvalue weighted by molar-refractivity contribution is -0.119. The number of urea groups is 1. The molecular weight excluding hydrogens is 464 g/mol. The molecule has 0 radical (unpaired) electrons. The topological polar surface area (TPSA) is 87.2 Å². The molecule has 0 aliphatic carbocycles. The molecule has 11 heteroatoms. The van der Waals surface area contributed by atoms with Crippen molar-refractivity contribution in [3.8, 4) is 10.6 Å². The molecule has 1 aliphatic heterocycles. The Bertz CT molecular complexity index is 1130. The van der Waals surface area contributed by atoms with Gasteiger partial charge in [0.25, 0.3) is 0 Å². The fourth-order valence-electron chi connectivity index (χ4n) is 3.22. The third-order valence-corrected chi connectivity index (χ3v) is 6.36. The summed E-state index contributed by atoms with van der Waals surface area (Å²) in [5.41, 5.74) is 1.18. The molecule has 1 atom stereocenters. The highest BCUT2D eigenvalue weighted by molar-refractivity contribution is 7.18. The number of amides is 3. The molecule has 2 N–H and O–H groups in total. The maximum absolute atomic E-state index is 13.1.